The molecule has 0 atom stereocenters. The van der Waals surface area contributed by atoms with E-state index >= 15 is 0 Å². The average molecular weight is 226 g/mol. The van der Waals surface area contributed by atoms with Gasteiger partial charge in [-0.05, 0) is 12.1 Å². The molecule has 7 N–H and O–H groups in total. The summed E-state index contributed by atoms with van der Waals surface area (Å²) in [7, 11) is -4.47. The fraction of sp³-hybridized carbons (Fsp3) is 0. The Kier molecular flexibility index (Phi) is 5.15. The number of aromatic hydroxyl groups is 2. The summed E-state index contributed by atoms with van der Waals surface area (Å²) in [5.74, 6) is -0.948. The lowest BCUT2D eigenvalue weighted by molar-refractivity contribution is 0.433. The van der Waals surface area contributed by atoms with Crippen LogP contribution in [0.15, 0.2) is 23.1 Å². The Morgan fingerprint density at radius 2 is 1.57 bits per heavy atom. The normalized spacial score (nSPS) is 9.79. The second-order valence-electron chi connectivity index (χ2n) is 2.13. The van der Waals surface area contributed by atoms with E-state index in [4.69, 9.17) is 14.8 Å². The third kappa shape index (κ3) is 3.18. The average Bonchev–Trinajstić information content (AvgIpc) is 1.92. The van der Waals surface area contributed by atoms with E-state index in [9.17, 15) is 8.42 Å². The molecule has 0 saturated carbocycles. The van der Waals surface area contributed by atoms with Gasteiger partial charge in [0.1, 0.15) is 16.4 Å². The molecule has 0 aliphatic carbocycles. The summed E-state index contributed by atoms with van der Waals surface area (Å²) >= 11 is 0. The highest BCUT2D eigenvalue weighted by Crippen LogP contribution is 2.25. The molecule has 82 valence electrons. The largest absolute Gasteiger partial charge is 0.508 e. The molecule has 0 spiro atoms. The standard InChI is InChI=1S/C6H6O5S.2H2O/c7-4-1-2-5(8)6(3-4)12(9,10)11;;/h1-3,7-8H,(H,9,10,11);2*1H2. The van der Waals surface area contributed by atoms with Gasteiger partial charge in [-0.3, -0.25) is 4.55 Å². The second-order valence-corrected chi connectivity index (χ2v) is 3.52. The third-order valence-corrected chi connectivity index (χ3v) is 2.10. The quantitative estimate of drug-likeness (QED) is 0.400. The van der Waals surface area contributed by atoms with Crippen LogP contribution >= 0.6 is 0 Å². The molecule has 0 aliphatic rings. The van der Waals surface area contributed by atoms with Gasteiger partial charge in [0.05, 0.1) is 0 Å². The monoisotopic (exact) mass is 226 g/mol. The molecule has 1 aromatic rings. The van der Waals surface area contributed by atoms with Gasteiger partial charge in [0.2, 0.25) is 0 Å². The zero-order valence-corrected chi connectivity index (χ0v) is 7.61. The summed E-state index contributed by atoms with van der Waals surface area (Å²) in [5, 5.41) is 17.7. The summed E-state index contributed by atoms with van der Waals surface area (Å²) in [6.07, 6.45) is 0. The van der Waals surface area contributed by atoms with Crippen LogP contribution in [-0.4, -0.2) is 34.1 Å². The fourth-order valence-electron chi connectivity index (χ4n) is 0.709. The van der Waals surface area contributed by atoms with Crippen LogP contribution in [0.1, 0.15) is 0 Å². The predicted octanol–water partition coefficient (Wildman–Crippen LogP) is -1.30. The van der Waals surface area contributed by atoms with Crippen LogP contribution in [0, 0.1) is 0 Å². The van der Waals surface area contributed by atoms with E-state index in [2.05, 4.69) is 0 Å². The zero-order valence-electron chi connectivity index (χ0n) is 6.80. The van der Waals surface area contributed by atoms with E-state index in [1.807, 2.05) is 0 Å². The molecule has 0 saturated heterocycles. The first-order chi connectivity index (χ1) is 5.41. The van der Waals surface area contributed by atoms with E-state index in [1.165, 1.54) is 0 Å². The van der Waals surface area contributed by atoms with E-state index in [0.29, 0.717) is 0 Å². The Bertz CT molecular complexity index is 397. The van der Waals surface area contributed by atoms with E-state index in [1.54, 1.807) is 0 Å². The van der Waals surface area contributed by atoms with Crippen molar-refractivity contribution in [1.82, 2.24) is 0 Å². The molecular formula is C6H10O7S. The molecule has 0 bridgehead atoms. The van der Waals surface area contributed by atoms with Gasteiger partial charge in [0.15, 0.2) is 0 Å². The van der Waals surface area contributed by atoms with Crippen LogP contribution < -0.4 is 0 Å². The summed E-state index contributed by atoms with van der Waals surface area (Å²) in [6, 6.07) is 2.83. The summed E-state index contributed by atoms with van der Waals surface area (Å²) in [5.41, 5.74) is 0. The lowest BCUT2D eigenvalue weighted by atomic mass is 10.3. The Hall–Kier alpha value is -1.35. The van der Waals surface area contributed by atoms with Crippen LogP contribution in [0.2, 0.25) is 0 Å². The first-order valence-electron chi connectivity index (χ1n) is 2.91. The van der Waals surface area contributed by atoms with Crippen molar-refractivity contribution in [2.45, 2.75) is 4.90 Å². The Labute approximate surface area is 79.6 Å². The van der Waals surface area contributed by atoms with Crippen LogP contribution in [0.5, 0.6) is 11.5 Å². The predicted molar refractivity (Wildman–Crippen MR) is 46.8 cm³/mol. The fourth-order valence-corrected chi connectivity index (χ4v) is 1.31. The number of hydrogen-bond donors (Lipinski definition) is 3. The maximum absolute atomic E-state index is 10.5. The van der Waals surface area contributed by atoms with Crippen LogP contribution in [0.3, 0.4) is 0 Å². The molecule has 14 heavy (non-hydrogen) atoms. The summed E-state index contributed by atoms with van der Waals surface area (Å²) < 4.78 is 29.5. The molecule has 0 aromatic heterocycles. The molecule has 1 rings (SSSR count). The maximum atomic E-state index is 10.5. The van der Waals surface area contributed by atoms with Gasteiger partial charge in [-0.1, -0.05) is 0 Å². The van der Waals surface area contributed by atoms with Crippen LogP contribution in [0.4, 0.5) is 0 Å². The number of phenolic OH excluding ortho intramolecular Hbond substituents is 2. The SMILES string of the molecule is O.O.O=S(=O)(O)c1cc(O)ccc1O. The van der Waals surface area contributed by atoms with Gasteiger partial charge < -0.3 is 21.2 Å². The van der Waals surface area contributed by atoms with Crippen molar-refractivity contribution in [1.29, 1.82) is 0 Å². The number of phenols is 2. The molecule has 7 nitrogen and oxygen atoms in total. The highest BCUT2D eigenvalue weighted by Gasteiger charge is 2.15. The van der Waals surface area contributed by atoms with Crippen LogP contribution in [-0.2, 0) is 10.1 Å². The van der Waals surface area contributed by atoms with E-state index in [-0.39, 0.29) is 16.7 Å². The Morgan fingerprint density at radius 1 is 1.07 bits per heavy atom. The second kappa shape index (κ2) is 4.77. The molecular weight excluding hydrogens is 216 g/mol. The Morgan fingerprint density at radius 3 is 1.93 bits per heavy atom. The smallest absolute Gasteiger partial charge is 0.298 e. The van der Waals surface area contributed by atoms with Gasteiger partial charge in [-0.15, -0.1) is 0 Å². The van der Waals surface area contributed by atoms with Gasteiger partial charge in [-0.2, -0.15) is 8.42 Å². The molecule has 0 amide bonds. The van der Waals surface area contributed by atoms with E-state index in [0.717, 1.165) is 18.2 Å². The molecule has 0 heterocycles. The molecule has 8 heteroatoms. The zero-order chi connectivity index (χ0) is 9.35. The highest BCUT2D eigenvalue weighted by molar-refractivity contribution is 7.86. The van der Waals surface area contributed by atoms with E-state index < -0.39 is 20.8 Å². The van der Waals surface area contributed by atoms with Crippen molar-refractivity contribution in [2.75, 3.05) is 0 Å². The van der Waals surface area contributed by atoms with Crippen molar-refractivity contribution in [3.05, 3.63) is 18.2 Å². The highest BCUT2D eigenvalue weighted by atomic mass is 32.2. The molecule has 0 unspecified atom stereocenters. The van der Waals surface area contributed by atoms with Crippen molar-refractivity contribution >= 4 is 10.1 Å². The summed E-state index contributed by atoms with van der Waals surface area (Å²) in [6.45, 7) is 0. The number of hydrogen-bond acceptors (Lipinski definition) is 4. The minimum absolute atomic E-state index is 0. The first kappa shape index (κ1) is 15.1. The summed E-state index contributed by atoms with van der Waals surface area (Å²) in [4.78, 5) is -0.706. The van der Waals surface area contributed by atoms with Crippen molar-refractivity contribution in [2.24, 2.45) is 0 Å². The van der Waals surface area contributed by atoms with Crippen LogP contribution in [0.25, 0.3) is 0 Å². The lowest BCUT2D eigenvalue weighted by Gasteiger charge is -2.00. The maximum Gasteiger partial charge on any atom is 0.298 e. The molecule has 1 aromatic carbocycles. The minimum Gasteiger partial charge on any atom is -0.508 e. The van der Waals surface area contributed by atoms with Gasteiger partial charge in [-0.25, -0.2) is 0 Å². The van der Waals surface area contributed by atoms with Gasteiger partial charge in [0, 0.05) is 6.07 Å². The number of benzene rings is 1. The van der Waals surface area contributed by atoms with Crippen molar-refractivity contribution < 1.29 is 34.1 Å². The first-order valence-corrected chi connectivity index (χ1v) is 4.35. The third-order valence-electron chi connectivity index (χ3n) is 1.22. The minimum atomic E-state index is -4.47. The number of rotatable bonds is 1. The molecule has 0 aliphatic heterocycles. The van der Waals surface area contributed by atoms with Crippen molar-refractivity contribution in [3.63, 3.8) is 0 Å². The van der Waals surface area contributed by atoms with Gasteiger partial charge >= 0.3 is 0 Å². The molecule has 0 fully saturated rings. The van der Waals surface area contributed by atoms with Gasteiger partial charge in [0.25, 0.3) is 10.1 Å². The Balaban J connectivity index is 0. The lowest BCUT2D eigenvalue weighted by Crippen LogP contribution is -1.97. The molecule has 0 radical (unpaired) electrons. The topological polar surface area (TPSA) is 158 Å². The van der Waals surface area contributed by atoms with Crippen molar-refractivity contribution in [3.8, 4) is 11.5 Å².